The SMILES string of the molecule is Cc1cc(NCCc2nncn2C)ccc1C(N)=S. The smallest absolute Gasteiger partial charge is 0.134 e. The summed E-state index contributed by atoms with van der Waals surface area (Å²) in [4.78, 5) is 0.433. The number of benzene rings is 1. The monoisotopic (exact) mass is 275 g/mol. The topological polar surface area (TPSA) is 68.8 Å². The normalized spacial score (nSPS) is 10.4. The summed E-state index contributed by atoms with van der Waals surface area (Å²) in [5.74, 6) is 0.962. The summed E-state index contributed by atoms with van der Waals surface area (Å²) in [5, 5.41) is 11.2. The zero-order valence-electron chi connectivity index (χ0n) is 11.1. The first-order valence-corrected chi connectivity index (χ1v) is 6.46. The highest BCUT2D eigenvalue weighted by molar-refractivity contribution is 7.80. The number of hydrogen-bond acceptors (Lipinski definition) is 4. The first-order chi connectivity index (χ1) is 9.08. The van der Waals surface area contributed by atoms with Crippen molar-refractivity contribution in [2.45, 2.75) is 13.3 Å². The number of aromatic nitrogens is 3. The van der Waals surface area contributed by atoms with E-state index in [-0.39, 0.29) is 0 Å². The van der Waals surface area contributed by atoms with Gasteiger partial charge in [-0.05, 0) is 30.7 Å². The number of hydrogen-bond donors (Lipinski definition) is 2. The minimum atomic E-state index is 0.433. The van der Waals surface area contributed by atoms with Crippen LogP contribution in [-0.2, 0) is 13.5 Å². The van der Waals surface area contributed by atoms with E-state index in [4.69, 9.17) is 18.0 Å². The van der Waals surface area contributed by atoms with Crippen LogP contribution in [0.15, 0.2) is 24.5 Å². The third-order valence-corrected chi connectivity index (χ3v) is 3.19. The second-order valence-corrected chi connectivity index (χ2v) is 4.87. The first-order valence-electron chi connectivity index (χ1n) is 6.05. The molecule has 0 aliphatic carbocycles. The molecule has 6 heteroatoms. The standard InChI is InChI=1S/C13H17N5S/c1-9-7-10(3-4-11(9)13(14)19)15-6-5-12-17-16-8-18(12)2/h3-4,7-8,15H,5-6H2,1-2H3,(H2,14,19). The molecule has 2 aromatic rings. The third-order valence-electron chi connectivity index (χ3n) is 2.97. The first kappa shape index (κ1) is 13.5. The number of rotatable bonds is 5. The molecule has 0 saturated heterocycles. The minimum Gasteiger partial charge on any atom is -0.389 e. The fourth-order valence-corrected chi connectivity index (χ4v) is 2.13. The Labute approximate surface area is 117 Å². The van der Waals surface area contributed by atoms with Crippen molar-refractivity contribution in [3.63, 3.8) is 0 Å². The number of aryl methyl sites for hydroxylation is 2. The Morgan fingerprint density at radius 2 is 2.26 bits per heavy atom. The van der Waals surface area contributed by atoms with Gasteiger partial charge in [-0.2, -0.15) is 0 Å². The van der Waals surface area contributed by atoms with Gasteiger partial charge in [-0.1, -0.05) is 12.2 Å². The molecule has 1 aromatic carbocycles. The molecule has 0 saturated carbocycles. The maximum absolute atomic E-state index is 5.64. The van der Waals surface area contributed by atoms with Crippen molar-refractivity contribution >= 4 is 22.9 Å². The van der Waals surface area contributed by atoms with Gasteiger partial charge < -0.3 is 15.6 Å². The number of nitrogens with two attached hydrogens (primary N) is 1. The summed E-state index contributed by atoms with van der Waals surface area (Å²) in [6.07, 6.45) is 2.53. The van der Waals surface area contributed by atoms with Gasteiger partial charge in [0.25, 0.3) is 0 Å². The van der Waals surface area contributed by atoms with Gasteiger partial charge in [-0.25, -0.2) is 0 Å². The molecular formula is C13H17N5S. The summed E-state index contributed by atoms with van der Waals surface area (Å²) in [6, 6.07) is 5.98. The van der Waals surface area contributed by atoms with E-state index in [1.165, 1.54) is 0 Å². The molecule has 19 heavy (non-hydrogen) atoms. The lowest BCUT2D eigenvalue weighted by atomic mass is 10.1. The van der Waals surface area contributed by atoms with Gasteiger partial charge in [-0.15, -0.1) is 10.2 Å². The van der Waals surface area contributed by atoms with E-state index >= 15 is 0 Å². The largest absolute Gasteiger partial charge is 0.389 e. The summed E-state index contributed by atoms with van der Waals surface area (Å²) in [7, 11) is 1.94. The molecule has 100 valence electrons. The van der Waals surface area contributed by atoms with Crippen LogP contribution in [0, 0.1) is 6.92 Å². The molecule has 1 aromatic heterocycles. The predicted octanol–water partition coefficient (Wildman–Crippen LogP) is 1.41. The van der Waals surface area contributed by atoms with Crippen LogP contribution in [0.4, 0.5) is 5.69 Å². The van der Waals surface area contributed by atoms with Crippen LogP contribution >= 0.6 is 12.2 Å². The summed E-state index contributed by atoms with van der Waals surface area (Å²) >= 11 is 4.99. The van der Waals surface area contributed by atoms with Gasteiger partial charge in [-0.3, -0.25) is 0 Å². The van der Waals surface area contributed by atoms with Gasteiger partial charge in [0.15, 0.2) is 0 Å². The van der Waals surface area contributed by atoms with Crippen molar-refractivity contribution in [2.75, 3.05) is 11.9 Å². The predicted molar refractivity (Wildman–Crippen MR) is 80.3 cm³/mol. The highest BCUT2D eigenvalue weighted by Gasteiger charge is 2.03. The summed E-state index contributed by atoms with van der Waals surface area (Å²) in [6.45, 7) is 2.81. The van der Waals surface area contributed by atoms with E-state index in [0.717, 1.165) is 35.6 Å². The van der Waals surface area contributed by atoms with Crippen LogP contribution in [0.2, 0.25) is 0 Å². The molecule has 0 bridgehead atoms. The van der Waals surface area contributed by atoms with Gasteiger partial charge in [0, 0.05) is 31.3 Å². The maximum Gasteiger partial charge on any atom is 0.134 e. The van der Waals surface area contributed by atoms with Crippen LogP contribution in [-0.4, -0.2) is 26.3 Å². The molecule has 0 aliphatic heterocycles. The van der Waals surface area contributed by atoms with Crippen LogP contribution in [0.25, 0.3) is 0 Å². The minimum absolute atomic E-state index is 0.433. The second kappa shape index (κ2) is 5.79. The molecule has 0 atom stereocenters. The highest BCUT2D eigenvalue weighted by atomic mass is 32.1. The average Bonchev–Trinajstić information content (AvgIpc) is 2.75. The molecule has 0 radical (unpaired) electrons. The van der Waals surface area contributed by atoms with Crippen molar-refractivity contribution in [1.29, 1.82) is 0 Å². The quantitative estimate of drug-likeness (QED) is 0.808. The summed E-state index contributed by atoms with van der Waals surface area (Å²) in [5.41, 5.74) is 8.70. The van der Waals surface area contributed by atoms with Crippen molar-refractivity contribution in [2.24, 2.45) is 12.8 Å². The highest BCUT2D eigenvalue weighted by Crippen LogP contribution is 2.15. The number of nitrogens with zero attached hydrogens (tertiary/aromatic N) is 3. The zero-order valence-corrected chi connectivity index (χ0v) is 11.9. The molecule has 0 spiro atoms. The van der Waals surface area contributed by atoms with E-state index in [1.807, 2.05) is 36.7 Å². The molecule has 0 unspecified atom stereocenters. The third kappa shape index (κ3) is 3.29. The van der Waals surface area contributed by atoms with E-state index in [1.54, 1.807) is 6.33 Å². The van der Waals surface area contributed by atoms with Gasteiger partial charge in [0.2, 0.25) is 0 Å². The Bertz CT molecular complexity index is 590. The van der Waals surface area contributed by atoms with E-state index in [0.29, 0.717) is 4.99 Å². The van der Waals surface area contributed by atoms with Gasteiger partial charge in [0.1, 0.15) is 17.1 Å². The van der Waals surface area contributed by atoms with E-state index in [9.17, 15) is 0 Å². The Hall–Kier alpha value is -1.95. The Morgan fingerprint density at radius 1 is 1.47 bits per heavy atom. The molecule has 0 aliphatic rings. The Morgan fingerprint density at radius 3 is 2.84 bits per heavy atom. The fraction of sp³-hybridized carbons (Fsp3) is 0.308. The number of anilines is 1. The van der Waals surface area contributed by atoms with Crippen molar-refractivity contribution < 1.29 is 0 Å². The second-order valence-electron chi connectivity index (χ2n) is 4.43. The zero-order chi connectivity index (χ0) is 13.8. The average molecular weight is 275 g/mol. The van der Waals surface area contributed by atoms with E-state index < -0.39 is 0 Å². The lowest BCUT2D eigenvalue weighted by Gasteiger charge is -2.09. The molecular weight excluding hydrogens is 258 g/mol. The number of thiocarbonyl (C=S) groups is 1. The fourth-order valence-electron chi connectivity index (χ4n) is 1.90. The van der Waals surface area contributed by atoms with Crippen LogP contribution in [0.5, 0.6) is 0 Å². The lowest BCUT2D eigenvalue weighted by Crippen LogP contribution is -2.12. The van der Waals surface area contributed by atoms with Crippen molar-refractivity contribution in [3.8, 4) is 0 Å². The van der Waals surface area contributed by atoms with Gasteiger partial charge in [0.05, 0.1) is 0 Å². The molecule has 2 rings (SSSR count). The van der Waals surface area contributed by atoms with E-state index in [2.05, 4.69) is 15.5 Å². The lowest BCUT2D eigenvalue weighted by molar-refractivity contribution is 0.788. The number of nitrogens with one attached hydrogen (secondary N) is 1. The molecule has 0 fully saturated rings. The van der Waals surface area contributed by atoms with Gasteiger partial charge >= 0.3 is 0 Å². The van der Waals surface area contributed by atoms with Crippen LogP contribution < -0.4 is 11.1 Å². The van der Waals surface area contributed by atoms with Crippen LogP contribution in [0.3, 0.4) is 0 Å². The summed E-state index contributed by atoms with van der Waals surface area (Å²) < 4.78 is 1.92. The Kier molecular flexibility index (Phi) is 4.11. The van der Waals surface area contributed by atoms with Crippen molar-refractivity contribution in [1.82, 2.24) is 14.8 Å². The molecule has 5 nitrogen and oxygen atoms in total. The maximum atomic E-state index is 5.64. The Balaban J connectivity index is 1.95. The molecule has 0 amide bonds. The van der Waals surface area contributed by atoms with Crippen LogP contribution in [0.1, 0.15) is 17.0 Å². The molecule has 3 N–H and O–H groups in total. The van der Waals surface area contributed by atoms with Crippen molar-refractivity contribution in [3.05, 3.63) is 41.5 Å². The molecule has 1 heterocycles.